The summed E-state index contributed by atoms with van der Waals surface area (Å²) in [5.74, 6) is -0.935. The van der Waals surface area contributed by atoms with Crippen molar-refractivity contribution in [2.75, 3.05) is 0 Å². The van der Waals surface area contributed by atoms with Gasteiger partial charge in [-0.2, -0.15) is 5.10 Å². The second-order valence-electron chi connectivity index (χ2n) is 5.74. The monoisotopic (exact) mass is 279 g/mol. The largest absolute Gasteiger partial charge is 0.480 e. The molecular weight excluding hydrogens is 258 g/mol. The Kier molecular flexibility index (Phi) is 4.11. The van der Waals surface area contributed by atoms with Gasteiger partial charge in [-0.25, -0.2) is 4.79 Å². The first-order valence-corrected chi connectivity index (χ1v) is 6.99. The van der Waals surface area contributed by atoms with Crippen LogP contribution >= 0.6 is 0 Å². The molecule has 0 radical (unpaired) electrons. The Morgan fingerprint density at radius 1 is 1.55 bits per heavy atom. The molecule has 1 aliphatic rings. The molecule has 0 aliphatic heterocycles. The summed E-state index contributed by atoms with van der Waals surface area (Å²) in [7, 11) is 0. The van der Waals surface area contributed by atoms with Crippen molar-refractivity contribution in [1.29, 1.82) is 0 Å². The third-order valence-corrected chi connectivity index (χ3v) is 4.07. The first kappa shape index (κ1) is 14.6. The molecule has 20 heavy (non-hydrogen) atoms. The zero-order chi connectivity index (χ0) is 14.8. The molecule has 110 valence electrons. The van der Waals surface area contributed by atoms with Crippen LogP contribution < -0.4 is 5.32 Å². The molecule has 1 saturated carbocycles. The van der Waals surface area contributed by atoms with Crippen LogP contribution in [-0.4, -0.2) is 32.3 Å². The van der Waals surface area contributed by atoms with Gasteiger partial charge in [0.2, 0.25) is 5.91 Å². The average molecular weight is 279 g/mol. The fourth-order valence-corrected chi connectivity index (χ4v) is 2.88. The number of carboxylic acids is 1. The van der Waals surface area contributed by atoms with Gasteiger partial charge in [0, 0.05) is 12.4 Å². The highest BCUT2D eigenvalue weighted by atomic mass is 16.4. The molecule has 2 rings (SSSR count). The van der Waals surface area contributed by atoms with Crippen molar-refractivity contribution in [3.05, 3.63) is 18.5 Å². The van der Waals surface area contributed by atoms with E-state index in [-0.39, 0.29) is 5.91 Å². The molecule has 0 spiro atoms. The van der Waals surface area contributed by atoms with E-state index in [0.717, 1.165) is 12.8 Å². The molecule has 3 atom stereocenters. The predicted molar refractivity (Wildman–Crippen MR) is 73.1 cm³/mol. The summed E-state index contributed by atoms with van der Waals surface area (Å²) in [5.41, 5.74) is -1.13. The Hall–Kier alpha value is -1.85. The normalized spacial score (nSPS) is 27.8. The van der Waals surface area contributed by atoms with Gasteiger partial charge in [-0.05, 0) is 31.7 Å². The number of aliphatic carboxylic acids is 1. The lowest BCUT2D eigenvalue weighted by Crippen LogP contribution is -2.58. The smallest absolute Gasteiger partial charge is 0.329 e. The van der Waals surface area contributed by atoms with Crippen molar-refractivity contribution < 1.29 is 14.7 Å². The quantitative estimate of drug-likeness (QED) is 0.876. The fourth-order valence-electron chi connectivity index (χ4n) is 2.88. The molecule has 0 bridgehead atoms. The number of nitrogens with one attached hydrogen (secondary N) is 1. The lowest BCUT2D eigenvalue weighted by atomic mass is 9.76. The van der Waals surface area contributed by atoms with Crippen molar-refractivity contribution in [1.82, 2.24) is 15.1 Å². The second-order valence-corrected chi connectivity index (χ2v) is 5.74. The Bertz CT molecular complexity index is 486. The number of hydrogen-bond donors (Lipinski definition) is 2. The number of hydrogen-bond acceptors (Lipinski definition) is 3. The molecule has 1 fully saturated rings. The van der Waals surface area contributed by atoms with Crippen LogP contribution in [0.25, 0.3) is 0 Å². The van der Waals surface area contributed by atoms with Crippen molar-refractivity contribution in [3.8, 4) is 0 Å². The van der Waals surface area contributed by atoms with E-state index >= 15 is 0 Å². The molecule has 2 N–H and O–H groups in total. The summed E-state index contributed by atoms with van der Waals surface area (Å²) in [5, 5.41) is 16.3. The minimum absolute atomic E-state index is 0.301. The molecule has 3 unspecified atom stereocenters. The number of carbonyl (C=O) groups excluding carboxylic acids is 1. The first-order valence-electron chi connectivity index (χ1n) is 6.99. The third-order valence-electron chi connectivity index (χ3n) is 4.07. The highest BCUT2D eigenvalue weighted by molar-refractivity contribution is 5.88. The van der Waals surface area contributed by atoms with E-state index in [1.165, 1.54) is 4.68 Å². The van der Waals surface area contributed by atoms with Crippen LogP contribution in [0.1, 0.15) is 45.6 Å². The maximum Gasteiger partial charge on any atom is 0.329 e. The average Bonchev–Trinajstić information content (AvgIpc) is 2.91. The highest BCUT2D eigenvalue weighted by Crippen LogP contribution is 2.33. The summed E-state index contributed by atoms with van der Waals surface area (Å²) >= 11 is 0. The van der Waals surface area contributed by atoms with E-state index in [0.29, 0.717) is 18.8 Å². The highest BCUT2D eigenvalue weighted by Gasteiger charge is 2.43. The molecule has 0 saturated heterocycles. The fraction of sp³-hybridized carbons (Fsp3) is 0.643. The Balaban J connectivity index is 2.12. The van der Waals surface area contributed by atoms with E-state index in [1.807, 2.05) is 6.92 Å². The maximum atomic E-state index is 12.3. The van der Waals surface area contributed by atoms with E-state index in [2.05, 4.69) is 10.4 Å². The van der Waals surface area contributed by atoms with Gasteiger partial charge < -0.3 is 10.4 Å². The number of carbonyl (C=O) groups is 2. The predicted octanol–water partition coefficient (Wildman–Crippen LogP) is 1.59. The van der Waals surface area contributed by atoms with E-state index in [9.17, 15) is 14.7 Å². The van der Waals surface area contributed by atoms with Gasteiger partial charge in [0.25, 0.3) is 0 Å². The topological polar surface area (TPSA) is 84.2 Å². The van der Waals surface area contributed by atoms with Gasteiger partial charge in [0.1, 0.15) is 11.6 Å². The molecule has 1 heterocycles. The molecule has 1 amide bonds. The van der Waals surface area contributed by atoms with Crippen LogP contribution in [0, 0.1) is 5.92 Å². The number of carboxylic acid groups (broad SMARTS) is 1. The number of aromatic nitrogens is 2. The van der Waals surface area contributed by atoms with Crippen LogP contribution in [0.3, 0.4) is 0 Å². The third kappa shape index (κ3) is 2.84. The van der Waals surface area contributed by atoms with Crippen LogP contribution in [-0.2, 0) is 9.59 Å². The summed E-state index contributed by atoms with van der Waals surface area (Å²) in [6, 6.07) is 1.22. The van der Waals surface area contributed by atoms with Gasteiger partial charge in [-0.1, -0.05) is 19.8 Å². The first-order chi connectivity index (χ1) is 9.44. The van der Waals surface area contributed by atoms with Crippen LogP contribution in [0.5, 0.6) is 0 Å². The number of rotatable bonds is 4. The summed E-state index contributed by atoms with van der Waals surface area (Å²) in [6.07, 6.45) is 6.11. The SMILES string of the molecule is CC1CCCC(NC(=O)C(C)n2cccn2)(C(=O)O)C1. The second kappa shape index (κ2) is 5.64. The van der Waals surface area contributed by atoms with Crippen LogP contribution in [0.2, 0.25) is 0 Å². The Morgan fingerprint density at radius 2 is 2.30 bits per heavy atom. The van der Waals surface area contributed by atoms with Gasteiger partial charge in [0.05, 0.1) is 0 Å². The molecule has 6 nitrogen and oxygen atoms in total. The van der Waals surface area contributed by atoms with Gasteiger partial charge in [-0.15, -0.1) is 0 Å². The van der Waals surface area contributed by atoms with E-state index < -0.39 is 17.6 Å². The molecular formula is C14H21N3O3. The summed E-state index contributed by atoms with van der Waals surface area (Å²) < 4.78 is 1.52. The summed E-state index contributed by atoms with van der Waals surface area (Å²) in [4.78, 5) is 23.9. The van der Waals surface area contributed by atoms with Gasteiger partial charge in [-0.3, -0.25) is 9.48 Å². The lowest BCUT2D eigenvalue weighted by molar-refractivity contribution is -0.150. The molecule has 1 aromatic heterocycles. The zero-order valence-corrected chi connectivity index (χ0v) is 11.9. The van der Waals surface area contributed by atoms with Crippen molar-refractivity contribution in [3.63, 3.8) is 0 Å². The molecule has 6 heteroatoms. The van der Waals surface area contributed by atoms with Crippen molar-refractivity contribution in [2.24, 2.45) is 5.92 Å². The van der Waals surface area contributed by atoms with Crippen LogP contribution in [0.4, 0.5) is 0 Å². The van der Waals surface area contributed by atoms with Gasteiger partial charge >= 0.3 is 5.97 Å². The van der Waals surface area contributed by atoms with Crippen molar-refractivity contribution >= 4 is 11.9 Å². The minimum atomic E-state index is -1.13. The standard InChI is InChI=1S/C14H21N3O3/c1-10-5-3-6-14(9-10,13(19)20)16-12(18)11(2)17-8-4-7-15-17/h4,7-8,10-11H,3,5-6,9H2,1-2H3,(H,16,18)(H,19,20). The van der Waals surface area contributed by atoms with Crippen molar-refractivity contribution in [2.45, 2.75) is 51.1 Å². The number of amides is 1. The summed E-state index contributed by atoms with van der Waals surface area (Å²) in [6.45, 7) is 3.74. The Labute approximate surface area is 118 Å². The van der Waals surface area contributed by atoms with E-state index in [1.54, 1.807) is 25.4 Å². The number of nitrogens with zero attached hydrogens (tertiary/aromatic N) is 2. The molecule has 1 aromatic rings. The van der Waals surface area contributed by atoms with Gasteiger partial charge in [0.15, 0.2) is 0 Å². The van der Waals surface area contributed by atoms with E-state index in [4.69, 9.17) is 0 Å². The zero-order valence-electron chi connectivity index (χ0n) is 11.9. The van der Waals surface area contributed by atoms with Crippen LogP contribution in [0.15, 0.2) is 18.5 Å². The lowest BCUT2D eigenvalue weighted by Gasteiger charge is -2.37. The minimum Gasteiger partial charge on any atom is -0.480 e. The Morgan fingerprint density at radius 3 is 2.85 bits per heavy atom. The maximum absolute atomic E-state index is 12.3. The molecule has 1 aliphatic carbocycles. The molecule has 0 aromatic carbocycles.